The number of hydrazine groups is 1. The first-order valence-electron chi connectivity index (χ1n) is 4.68. The van der Waals surface area contributed by atoms with Gasteiger partial charge in [0.05, 0.1) is 0 Å². The molecule has 0 bridgehead atoms. The van der Waals surface area contributed by atoms with Crippen molar-refractivity contribution < 1.29 is 4.79 Å². The van der Waals surface area contributed by atoms with E-state index in [0.29, 0.717) is 6.54 Å². The maximum atomic E-state index is 10.9. The molecule has 76 valence electrons. The molecular formula is C9H19N3O. The van der Waals surface area contributed by atoms with Crippen molar-refractivity contribution >= 4 is 6.03 Å². The molecule has 0 atom stereocenters. The second kappa shape index (κ2) is 9.06. The summed E-state index contributed by atoms with van der Waals surface area (Å²) in [5, 5.41) is 2.59. The average Bonchev–Trinajstić information content (AvgIpc) is 2.14. The third kappa shape index (κ3) is 8.88. The third-order valence-corrected chi connectivity index (χ3v) is 1.51. The van der Waals surface area contributed by atoms with Crippen LogP contribution in [0.25, 0.3) is 0 Å². The molecule has 0 aromatic rings. The lowest BCUT2D eigenvalue weighted by molar-refractivity contribution is 0.237. The number of urea groups is 1. The van der Waals surface area contributed by atoms with E-state index in [-0.39, 0.29) is 6.03 Å². The Balaban J connectivity index is 3.12. The minimum absolute atomic E-state index is 0.212. The lowest BCUT2D eigenvalue weighted by atomic mass is 10.2. The van der Waals surface area contributed by atoms with E-state index in [0.717, 1.165) is 13.0 Å². The van der Waals surface area contributed by atoms with E-state index in [1.54, 1.807) is 6.08 Å². The number of unbranched alkanes of at least 4 members (excludes halogenated alkanes) is 2. The monoisotopic (exact) mass is 185 g/mol. The van der Waals surface area contributed by atoms with Gasteiger partial charge in [-0.15, -0.1) is 6.58 Å². The normalized spacial score (nSPS) is 9.31. The van der Waals surface area contributed by atoms with Crippen molar-refractivity contribution in [1.29, 1.82) is 0 Å². The number of nitrogens with one attached hydrogen (secondary N) is 3. The number of rotatable bonds is 7. The second-order valence-electron chi connectivity index (χ2n) is 2.76. The molecule has 0 radical (unpaired) electrons. The highest BCUT2D eigenvalue weighted by Gasteiger charge is 1.94. The summed E-state index contributed by atoms with van der Waals surface area (Å²) in [6.07, 6.45) is 5.09. The second-order valence-corrected chi connectivity index (χ2v) is 2.76. The Morgan fingerprint density at radius 3 is 2.85 bits per heavy atom. The summed E-state index contributed by atoms with van der Waals surface area (Å²) in [5.74, 6) is 0. The van der Waals surface area contributed by atoms with Crippen LogP contribution >= 0.6 is 0 Å². The lowest BCUT2D eigenvalue weighted by Gasteiger charge is -2.06. The molecule has 13 heavy (non-hydrogen) atoms. The minimum Gasteiger partial charge on any atom is -0.334 e. The molecule has 3 N–H and O–H groups in total. The molecule has 0 unspecified atom stereocenters. The molecule has 0 aromatic heterocycles. The summed E-state index contributed by atoms with van der Waals surface area (Å²) in [5.41, 5.74) is 5.36. The van der Waals surface area contributed by atoms with Gasteiger partial charge in [0.1, 0.15) is 0 Å². The van der Waals surface area contributed by atoms with Gasteiger partial charge in [0, 0.05) is 13.1 Å². The maximum absolute atomic E-state index is 10.9. The Hall–Kier alpha value is -1.03. The zero-order chi connectivity index (χ0) is 9.94. The highest BCUT2D eigenvalue weighted by atomic mass is 16.2. The SMILES string of the molecule is C=CCNC(=O)NNCCCCC. The number of amides is 2. The number of hydrogen-bond donors (Lipinski definition) is 3. The van der Waals surface area contributed by atoms with Gasteiger partial charge in [-0.2, -0.15) is 0 Å². The van der Waals surface area contributed by atoms with Crippen LogP contribution in [0.15, 0.2) is 12.7 Å². The fourth-order valence-corrected chi connectivity index (χ4v) is 0.815. The zero-order valence-corrected chi connectivity index (χ0v) is 8.23. The molecule has 0 aliphatic carbocycles. The lowest BCUT2D eigenvalue weighted by Crippen LogP contribution is -2.44. The minimum atomic E-state index is -0.212. The van der Waals surface area contributed by atoms with Crippen LogP contribution < -0.4 is 16.2 Å². The van der Waals surface area contributed by atoms with Gasteiger partial charge in [-0.25, -0.2) is 10.2 Å². The predicted molar refractivity (Wildman–Crippen MR) is 54.3 cm³/mol. The molecule has 4 heteroatoms. The van der Waals surface area contributed by atoms with E-state index in [4.69, 9.17) is 0 Å². The van der Waals surface area contributed by atoms with Gasteiger partial charge < -0.3 is 5.32 Å². The molecule has 0 aliphatic rings. The quantitative estimate of drug-likeness (QED) is 0.317. The summed E-state index contributed by atoms with van der Waals surface area (Å²) in [4.78, 5) is 10.9. The van der Waals surface area contributed by atoms with Crippen LogP contribution in [0.2, 0.25) is 0 Å². The van der Waals surface area contributed by atoms with Gasteiger partial charge >= 0.3 is 6.03 Å². The van der Waals surface area contributed by atoms with Crippen molar-refractivity contribution in [3.8, 4) is 0 Å². The average molecular weight is 185 g/mol. The van der Waals surface area contributed by atoms with Crippen molar-refractivity contribution in [2.24, 2.45) is 0 Å². The van der Waals surface area contributed by atoms with E-state index in [1.807, 2.05) is 0 Å². The molecule has 0 aromatic carbocycles. The van der Waals surface area contributed by atoms with Crippen LogP contribution in [0, 0.1) is 0 Å². The van der Waals surface area contributed by atoms with E-state index in [1.165, 1.54) is 12.8 Å². The molecule has 0 saturated heterocycles. The van der Waals surface area contributed by atoms with Crippen molar-refractivity contribution in [3.63, 3.8) is 0 Å². The van der Waals surface area contributed by atoms with Crippen LogP contribution in [-0.2, 0) is 0 Å². The Bertz CT molecular complexity index is 148. The molecule has 4 nitrogen and oxygen atoms in total. The molecule has 0 rings (SSSR count). The number of carbonyl (C=O) groups excluding carboxylic acids is 1. The Labute approximate surface area is 79.8 Å². The topological polar surface area (TPSA) is 53.2 Å². The van der Waals surface area contributed by atoms with Gasteiger partial charge in [-0.1, -0.05) is 25.8 Å². The first kappa shape index (κ1) is 12.0. The van der Waals surface area contributed by atoms with E-state index < -0.39 is 0 Å². The summed E-state index contributed by atoms with van der Waals surface area (Å²) in [7, 11) is 0. The molecule has 0 spiro atoms. The summed E-state index contributed by atoms with van der Waals surface area (Å²) in [6.45, 7) is 6.94. The molecule has 0 fully saturated rings. The Morgan fingerprint density at radius 2 is 2.23 bits per heavy atom. The first-order chi connectivity index (χ1) is 6.31. The van der Waals surface area contributed by atoms with Crippen LogP contribution in [0.3, 0.4) is 0 Å². The maximum Gasteiger partial charge on any atom is 0.329 e. The molecule has 0 heterocycles. The zero-order valence-electron chi connectivity index (χ0n) is 8.23. The van der Waals surface area contributed by atoms with Gasteiger partial charge in [-0.05, 0) is 6.42 Å². The van der Waals surface area contributed by atoms with Crippen molar-refractivity contribution in [2.75, 3.05) is 13.1 Å². The molecule has 2 amide bonds. The number of carbonyl (C=O) groups is 1. The summed E-state index contributed by atoms with van der Waals surface area (Å²) < 4.78 is 0. The van der Waals surface area contributed by atoms with Gasteiger partial charge in [0.15, 0.2) is 0 Å². The van der Waals surface area contributed by atoms with Crippen LogP contribution in [0.4, 0.5) is 4.79 Å². The van der Waals surface area contributed by atoms with Gasteiger partial charge in [-0.3, -0.25) is 5.43 Å². The standard InChI is InChI=1S/C9H19N3O/c1-3-5-6-8-11-12-9(13)10-7-4-2/h4,11H,2-3,5-8H2,1H3,(H2,10,12,13). The largest absolute Gasteiger partial charge is 0.334 e. The predicted octanol–water partition coefficient (Wildman–Crippen LogP) is 1.17. The Kier molecular flexibility index (Phi) is 8.34. The van der Waals surface area contributed by atoms with Crippen LogP contribution in [0.1, 0.15) is 26.2 Å². The van der Waals surface area contributed by atoms with Gasteiger partial charge in [0.25, 0.3) is 0 Å². The van der Waals surface area contributed by atoms with Crippen LogP contribution in [0.5, 0.6) is 0 Å². The summed E-state index contributed by atoms with van der Waals surface area (Å²) >= 11 is 0. The first-order valence-corrected chi connectivity index (χ1v) is 4.68. The van der Waals surface area contributed by atoms with E-state index in [2.05, 4.69) is 29.7 Å². The Morgan fingerprint density at radius 1 is 1.46 bits per heavy atom. The number of hydrogen-bond acceptors (Lipinski definition) is 2. The summed E-state index contributed by atoms with van der Waals surface area (Å²) in [6, 6.07) is -0.212. The molecular weight excluding hydrogens is 166 g/mol. The fraction of sp³-hybridized carbons (Fsp3) is 0.667. The van der Waals surface area contributed by atoms with Crippen LogP contribution in [-0.4, -0.2) is 19.1 Å². The smallest absolute Gasteiger partial charge is 0.329 e. The van der Waals surface area contributed by atoms with Crippen molar-refractivity contribution in [1.82, 2.24) is 16.2 Å². The van der Waals surface area contributed by atoms with Crippen molar-refractivity contribution in [3.05, 3.63) is 12.7 Å². The third-order valence-electron chi connectivity index (χ3n) is 1.51. The van der Waals surface area contributed by atoms with Gasteiger partial charge in [0.2, 0.25) is 0 Å². The van der Waals surface area contributed by atoms with E-state index in [9.17, 15) is 4.79 Å². The van der Waals surface area contributed by atoms with Crippen molar-refractivity contribution in [2.45, 2.75) is 26.2 Å². The highest BCUT2D eigenvalue weighted by molar-refractivity contribution is 5.73. The molecule has 0 saturated carbocycles. The highest BCUT2D eigenvalue weighted by Crippen LogP contribution is 1.89. The molecule has 0 aliphatic heterocycles. The van der Waals surface area contributed by atoms with E-state index >= 15 is 0 Å². The fourth-order valence-electron chi connectivity index (χ4n) is 0.815.